The first-order chi connectivity index (χ1) is 5.83. The molecular formula is C8H7NO3. The highest BCUT2D eigenvalue weighted by Crippen LogP contribution is 2.30. The van der Waals surface area contributed by atoms with Gasteiger partial charge in [0.1, 0.15) is 11.3 Å². The lowest BCUT2D eigenvalue weighted by Crippen LogP contribution is -2.00. The maximum atomic E-state index is 11.2. The smallest absolute Gasteiger partial charge is 0.228 e. The molecule has 1 aromatic heterocycles. The minimum atomic E-state index is -0.0741. The Bertz CT molecular complexity index is 335. The van der Waals surface area contributed by atoms with Crippen molar-refractivity contribution in [2.45, 2.75) is 0 Å². The SMILES string of the molecule is COc1ccnc2c1C(=O)CO2. The minimum Gasteiger partial charge on any atom is -0.496 e. The number of carbonyl (C=O) groups excluding carboxylic acids is 1. The quantitative estimate of drug-likeness (QED) is 0.613. The molecule has 0 spiro atoms. The molecule has 1 aromatic rings. The molecule has 12 heavy (non-hydrogen) atoms. The Morgan fingerprint density at radius 3 is 3.25 bits per heavy atom. The summed E-state index contributed by atoms with van der Waals surface area (Å²) in [5.74, 6) is 0.830. The van der Waals surface area contributed by atoms with Crippen LogP contribution in [0.15, 0.2) is 12.3 Å². The van der Waals surface area contributed by atoms with Crippen LogP contribution in [0.5, 0.6) is 11.6 Å². The van der Waals surface area contributed by atoms with Gasteiger partial charge in [0.2, 0.25) is 11.7 Å². The second kappa shape index (κ2) is 2.48. The first kappa shape index (κ1) is 7.09. The van der Waals surface area contributed by atoms with Crippen LogP contribution in [0.4, 0.5) is 0 Å². The second-order valence-electron chi connectivity index (χ2n) is 2.41. The Kier molecular flexibility index (Phi) is 1.46. The highest BCUT2D eigenvalue weighted by atomic mass is 16.5. The highest BCUT2D eigenvalue weighted by Gasteiger charge is 2.26. The number of pyridine rings is 1. The number of methoxy groups -OCH3 is 1. The summed E-state index contributed by atoms with van der Waals surface area (Å²) in [6.07, 6.45) is 1.55. The standard InChI is InChI=1S/C8H7NO3/c1-11-6-2-3-9-8-7(6)5(10)4-12-8/h2-3H,4H2,1H3. The van der Waals surface area contributed by atoms with Crippen LogP contribution in [-0.2, 0) is 0 Å². The van der Waals surface area contributed by atoms with Crippen LogP contribution in [0.2, 0.25) is 0 Å². The van der Waals surface area contributed by atoms with E-state index in [1.807, 2.05) is 0 Å². The molecule has 2 heterocycles. The maximum absolute atomic E-state index is 11.2. The van der Waals surface area contributed by atoms with Crippen molar-refractivity contribution in [3.05, 3.63) is 17.8 Å². The van der Waals surface area contributed by atoms with Crippen molar-refractivity contribution in [3.8, 4) is 11.6 Å². The predicted molar refractivity (Wildman–Crippen MR) is 40.6 cm³/mol. The summed E-state index contributed by atoms with van der Waals surface area (Å²) in [4.78, 5) is 15.1. The first-order valence-corrected chi connectivity index (χ1v) is 3.52. The lowest BCUT2D eigenvalue weighted by Gasteiger charge is -2.01. The van der Waals surface area contributed by atoms with E-state index >= 15 is 0 Å². The zero-order valence-corrected chi connectivity index (χ0v) is 6.53. The molecule has 1 aliphatic rings. The van der Waals surface area contributed by atoms with Crippen molar-refractivity contribution in [1.82, 2.24) is 4.98 Å². The van der Waals surface area contributed by atoms with Crippen LogP contribution < -0.4 is 9.47 Å². The van der Waals surface area contributed by atoms with Gasteiger partial charge in [0.05, 0.1) is 7.11 Å². The third-order valence-electron chi connectivity index (χ3n) is 1.72. The fourth-order valence-corrected chi connectivity index (χ4v) is 1.17. The molecule has 0 radical (unpaired) electrons. The molecule has 0 amide bonds. The summed E-state index contributed by atoms with van der Waals surface area (Å²) in [6.45, 7) is 0.0721. The van der Waals surface area contributed by atoms with Gasteiger partial charge in [0.25, 0.3) is 0 Å². The molecule has 0 aromatic carbocycles. The molecule has 0 unspecified atom stereocenters. The van der Waals surface area contributed by atoms with Crippen LogP contribution >= 0.6 is 0 Å². The molecule has 0 saturated heterocycles. The summed E-state index contributed by atoms with van der Waals surface area (Å²) in [7, 11) is 1.52. The van der Waals surface area contributed by atoms with E-state index in [4.69, 9.17) is 9.47 Å². The van der Waals surface area contributed by atoms with Crippen molar-refractivity contribution in [1.29, 1.82) is 0 Å². The third kappa shape index (κ3) is 0.845. The van der Waals surface area contributed by atoms with Gasteiger partial charge in [0.15, 0.2) is 6.61 Å². The lowest BCUT2D eigenvalue weighted by molar-refractivity contribution is 0.0958. The van der Waals surface area contributed by atoms with Gasteiger partial charge in [-0.15, -0.1) is 0 Å². The number of fused-ring (bicyclic) bond motifs is 1. The predicted octanol–water partition coefficient (Wildman–Crippen LogP) is 0.665. The molecule has 0 atom stereocenters. The Hall–Kier alpha value is -1.58. The number of hydrogen-bond donors (Lipinski definition) is 0. The molecule has 4 nitrogen and oxygen atoms in total. The van der Waals surface area contributed by atoms with Crippen molar-refractivity contribution in [2.75, 3.05) is 13.7 Å². The molecule has 4 heteroatoms. The Labute approximate surface area is 69.1 Å². The number of rotatable bonds is 1. The molecule has 0 N–H and O–H groups in total. The van der Waals surface area contributed by atoms with Gasteiger partial charge < -0.3 is 9.47 Å². The highest BCUT2D eigenvalue weighted by molar-refractivity contribution is 6.03. The largest absolute Gasteiger partial charge is 0.496 e. The third-order valence-corrected chi connectivity index (χ3v) is 1.72. The van der Waals surface area contributed by atoms with Crippen molar-refractivity contribution < 1.29 is 14.3 Å². The minimum absolute atomic E-state index is 0.0721. The summed E-state index contributed by atoms with van der Waals surface area (Å²) >= 11 is 0. The van der Waals surface area contributed by atoms with Crippen LogP contribution in [-0.4, -0.2) is 24.5 Å². The van der Waals surface area contributed by atoms with Crippen LogP contribution in [0, 0.1) is 0 Å². The molecule has 1 aliphatic heterocycles. The number of aromatic nitrogens is 1. The first-order valence-electron chi connectivity index (χ1n) is 3.52. The number of Topliss-reactive ketones (excluding diaryl/α,β-unsaturated/α-hetero) is 1. The fourth-order valence-electron chi connectivity index (χ4n) is 1.17. The second-order valence-corrected chi connectivity index (χ2v) is 2.41. The Morgan fingerprint density at radius 2 is 2.50 bits per heavy atom. The van der Waals surface area contributed by atoms with Crippen LogP contribution in [0.1, 0.15) is 10.4 Å². The molecule has 62 valence electrons. The van der Waals surface area contributed by atoms with E-state index in [-0.39, 0.29) is 12.4 Å². The summed E-state index contributed by atoms with van der Waals surface area (Å²) < 4.78 is 10.00. The van der Waals surface area contributed by atoms with Gasteiger partial charge in [-0.1, -0.05) is 0 Å². The zero-order chi connectivity index (χ0) is 8.55. The Morgan fingerprint density at radius 1 is 1.67 bits per heavy atom. The topological polar surface area (TPSA) is 48.4 Å². The summed E-state index contributed by atoms with van der Waals surface area (Å²) in [6, 6.07) is 1.64. The lowest BCUT2D eigenvalue weighted by atomic mass is 10.2. The van der Waals surface area contributed by atoms with Crippen molar-refractivity contribution in [3.63, 3.8) is 0 Å². The molecule has 0 bridgehead atoms. The number of nitrogens with zero attached hydrogens (tertiary/aromatic N) is 1. The monoisotopic (exact) mass is 165 g/mol. The van der Waals surface area contributed by atoms with Gasteiger partial charge in [-0.05, 0) is 6.07 Å². The van der Waals surface area contributed by atoms with Crippen LogP contribution in [0.3, 0.4) is 0 Å². The molecule has 2 rings (SSSR count). The van der Waals surface area contributed by atoms with E-state index in [2.05, 4.69) is 4.98 Å². The average molecular weight is 165 g/mol. The number of ether oxygens (including phenoxy) is 2. The number of carbonyl (C=O) groups is 1. The zero-order valence-electron chi connectivity index (χ0n) is 6.53. The maximum Gasteiger partial charge on any atom is 0.228 e. The number of hydrogen-bond acceptors (Lipinski definition) is 4. The van der Waals surface area contributed by atoms with Crippen molar-refractivity contribution >= 4 is 5.78 Å². The average Bonchev–Trinajstić information content (AvgIpc) is 2.48. The van der Waals surface area contributed by atoms with Crippen LogP contribution in [0.25, 0.3) is 0 Å². The Balaban J connectivity index is 2.60. The van der Waals surface area contributed by atoms with Gasteiger partial charge >= 0.3 is 0 Å². The molecule has 0 saturated carbocycles. The van der Waals surface area contributed by atoms with Gasteiger partial charge in [-0.3, -0.25) is 4.79 Å². The summed E-state index contributed by atoms with van der Waals surface area (Å²) in [5, 5.41) is 0. The van der Waals surface area contributed by atoms with E-state index in [9.17, 15) is 4.79 Å². The van der Waals surface area contributed by atoms with Crippen molar-refractivity contribution in [2.24, 2.45) is 0 Å². The molecule has 0 aliphatic carbocycles. The summed E-state index contributed by atoms with van der Waals surface area (Å²) in [5.41, 5.74) is 0.458. The van der Waals surface area contributed by atoms with Gasteiger partial charge in [-0.2, -0.15) is 0 Å². The van der Waals surface area contributed by atoms with Gasteiger partial charge in [0, 0.05) is 6.20 Å². The van der Waals surface area contributed by atoms with E-state index in [0.717, 1.165) is 0 Å². The van der Waals surface area contributed by atoms with Gasteiger partial charge in [-0.25, -0.2) is 4.98 Å². The van der Waals surface area contributed by atoms with E-state index in [1.165, 1.54) is 7.11 Å². The van der Waals surface area contributed by atoms with E-state index in [1.54, 1.807) is 12.3 Å². The fraction of sp³-hybridized carbons (Fsp3) is 0.250. The number of ketones is 1. The molecular weight excluding hydrogens is 158 g/mol. The normalized spacial score (nSPS) is 13.9. The van der Waals surface area contributed by atoms with E-state index in [0.29, 0.717) is 17.2 Å². The van der Waals surface area contributed by atoms with E-state index < -0.39 is 0 Å². The molecule has 0 fully saturated rings.